The van der Waals surface area contributed by atoms with E-state index in [1.54, 1.807) is 11.8 Å². The maximum Gasteiger partial charge on any atom is 0.326 e. The molecule has 1 saturated heterocycles. The van der Waals surface area contributed by atoms with Crippen LogP contribution in [0.3, 0.4) is 0 Å². The molecule has 5 heteroatoms. The zero-order valence-electron chi connectivity index (χ0n) is 10.1. The van der Waals surface area contributed by atoms with Crippen molar-refractivity contribution in [3.05, 3.63) is 0 Å². The Labute approximate surface area is 95.8 Å². The number of amides is 2. The standard InChI is InChI=1S/C11H20N2O3/c1-4-9(10(14)15)12-11(16)13-6-7(2)5-8(13)3/h7-9H,4-6H2,1-3H3,(H,12,16)(H,14,15). The van der Waals surface area contributed by atoms with Gasteiger partial charge in [0.1, 0.15) is 6.04 Å². The van der Waals surface area contributed by atoms with E-state index >= 15 is 0 Å². The van der Waals surface area contributed by atoms with Gasteiger partial charge in [0, 0.05) is 12.6 Å². The molecule has 5 nitrogen and oxygen atoms in total. The smallest absolute Gasteiger partial charge is 0.326 e. The minimum absolute atomic E-state index is 0.196. The van der Waals surface area contributed by atoms with Gasteiger partial charge in [-0.15, -0.1) is 0 Å². The van der Waals surface area contributed by atoms with Crippen LogP contribution in [-0.4, -0.2) is 40.6 Å². The van der Waals surface area contributed by atoms with Crippen molar-refractivity contribution in [3.63, 3.8) is 0 Å². The summed E-state index contributed by atoms with van der Waals surface area (Å²) in [6.45, 7) is 6.54. The largest absolute Gasteiger partial charge is 0.480 e. The zero-order chi connectivity index (χ0) is 12.3. The number of carboxylic acids is 1. The first-order chi connectivity index (χ1) is 7.45. The third kappa shape index (κ3) is 2.87. The van der Waals surface area contributed by atoms with Crippen LogP contribution in [0.4, 0.5) is 4.79 Å². The van der Waals surface area contributed by atoms with Gasteiger partial charge in [0.05, 0.1) is 0 Å². The molecule has 0 aromatic rings. The minimum atomic E-state index is -0.976. The van der Waals surface area contributed by atoms with Crippen molar-refractivity contribution in [1.82, 2.24) is 10.2 Å². The van der Waals surface area contributed by atoms with Gasteiger partial charge in [-0.25, -0.2) is 9.59 Å². The van der Waals surface area contributed by atoms with Crippen molar-refractivity contribution in [3.8, 4) is 0 Å². The number of aliphatic carboxylic acids is 1. The molecular weight excluding hydrogens is 208 g/mol. The highest BCUT2D eigenvalue weighted by Gasteiger charge is 2.31. The Morgan fingerprint density at radius 2 is 2.12 bits per heavy atom. The van der Waals surface area contributed by atoms with Gasteiger partial charge < -0.3 is 15.3 Å². The zero-order valence-corrected chi connectivity index (χ0v) is 10.1. The second-order valence-electron chi connectivity index (χ2n) is 4.59. The summed E-state index contributed by atoms with van der Waals surface area (Å²) in [5.74, 6) is -0.485. The van der Waals surface area contributed by atoms with E-state index in [0.717, 1.165) is 6.42 Å². The lowest BCUT2D eigenvalue weighted by atomic mass is 10.1. The van der Waals surface area contributed by atoms with Crippen molar-refractivity contribution in [2.24, 2.45) is 5.92 Å². The highest BCUT2D eigenvalue weighted by molar-refractivity contribution is 5.82. The van der Waals surface area contributed by atoms with E-state index in [2.05, 4.69) is 12.2 Å². The average Bonchev–Trinajstić information content (AvgIpc) is 2.53. The molecule has 0 aromatic carbocycles. The topological polar surface area (TPSA) is 69.6 Å². The van der Waals surface area contributed by atoms with Gasteiger partial charge in [-0.2, -0.15) is 0 Å². The lowest BCUT2D eigenvalue weighted by molar-refractivity contribution is -0.139. The maximum absolute atomic E-state index is 11.8. The molecule has 1 aliphatic heterocycles. The fraction of sp³-hybridized carbons (Fsp3) is 0.818. The average molecular weight is 228 g/mol. The lowest BCUT2D eigenvalue weighted by Crippen LogP contribution is -2.48. The first kappa shape index (κ1) is 12.8. The first-order valence-electron chi connectivity index (χ1n) is 5.75. The van der Waals surface area contributed by atoms with E-state index in [-0.39, 0.29) is 12.1 Å². The summed E-state index contributed by atoms with van der Waals surface area (Å²) in [4.78, 5) is 24.3. The Hall–Kier alpha value is -1.26. The molecule has 3 atom stereocenters. The number of hydrogen-bond acceptors (Lipinski definition) is 2. The minimum Gasteiger partial charge on any atom is -0.480 e. The van der Waals surface area contributed by atoms with Crippen molar-refractivity contribution in [1.29, 1.82) is 0 Å². The summed E-state index contributed by atoms with van der Waals surface area (Å²) < 4.78 is 0. The Morgan fingerprint density at radius 3 is 2.50 bits per heavy atom. The van der Waals surface area contributed by atoms with Crippen LogP contribution in [0.15, 0.2) is 0 Å². The molecule has 2 amide bonds. The number of carbonyl (C=O) groups excluding carboxylic acids is 1. The number of urea groups is 1. The third-order valence-corrected chi connectivity index (χ3v) is 3.05. The Balaban J connectivity index is 2.55. The van der Waals surface area contributed by atoms with Crippen LogP contribution in [0.1, 0.15) is 33.6 Å². The van der Waals surface area contributed by atoms with E-state index in [1.807, 2.05) is 6.92 Å². The van der Waals surface area contributed by atoms with Gasteiger partial charge in [-0.05, 0) is 25.7 Å². The molecule has 0 aliphatic carbocycles. The van der Waals surface area contributed by atoms with Crippen LogP contribution < -0.4 is 5.32 Å². The molecule has 0 bridgehead atoms. The van der Waals surface area contributed by atoms with Crippen molar-refractivity contribution < 1.29 is 14.7 Å². The molecule has 1 aliphatic rings. The third-order valence-electron chi connectivity index (χ3n) is 3.05. The van der Waals surface area contributed by atoms with Crippen LogP contribution in [0.5, 0.6) is 0 Å². The molecule has 16 heavy (non-hydrogen) atoms. The summed E-state index contributed by atoms with van der Waals surface area (Å²) in [5, 5.41) is 11.4. The fourth-order valence-corrected chi connectivity index (χ4v) is 2.15. The molecule has 3 unspecified atom stereocenters. The molecule has 92 valence electrons. The van der Waals surface area contributed by atoms with Gasteiger partial charge in [-0.1, -0.05) is 13.8 Å². The van der Waals surface area contributed by atoms with Crippen LogP contribution in [0, 0.1) is 5.92 Å². The Morgan fingerprint density at radius 1 is 1.50 bits per heavy atom. The first-order valence-corrected chi connectivity index (χ1v) is 5.75. The number of carboxylic acid groups (broad SMARTS) is 1. The SMILES string of the molecule is CCC(NC(=O)N1CC(C)CC1C)C(=O)O. The molecule has 0 saturated carbocycles. The molecule has 1 rings (SSSR count). The molecule has 1 fully saturated rings. The van der Waals surface area contributed by atoms with Crippen molar-refractivity contribution >= 4 is 12.0 Å². The summed E-state index contributed by atoms with van der Waals surface area (Å²) in [6, 6.07) is -0.844. The summed E-state index contributed by atoms with van der Waals surface area (Å²) in [7, 11) is 0. The number of rotatable bonds is 3. The molecule has 0 spiro atoms. The lowest BCUT2D eigenvalue weighted by Gasteiger charge is -2.24. The Bertz CT molecular complexity index is 280. The van der Waals surface area contributed by atoms with Gasteiger partial charge in [0.15, 0.2) is 0 Å². The Kier molecular flexibility index (Phi) is 4.15. The monoisotopic (exact) mass is 228 g/mol. The molecule has 0 radical (unpaired) electrons. The van der Waals surface area contributed by atoms with Crippen LogP contribution in [0.25, 0.3) is 0 Å². The summed E-state index contributed by atoms with van der Waals surface area (Å²) in [6.07, 6.45) is 1.39. The van der Waals surface area contributed by atoms with E-state index in [0.29, 0.717) is 18.9 Å². The molecule has 0 aromatic heterocycles. The van der Waals surface area contributed by atoms with Crippen LogP contribution in [-0.2, 0) is 4.79 Å². The van der Waals surface area contributed by atoms with Gasteiger partial charge >= 0.3 is 12.0 Å². The predicted octanol–water partition coefficient (Wildman–Crippen LogP) is 1.29. The van der Waals surface area contributed by atoms with E-state index in [1.165, 1.54) is 0 Å². The predicted molar refractivity (Wildman–Crippen MR) is 60.2 cm³/mol. The summed E-state index contributed by atoms with van der Waals surface area (Å²) in [5.41, 5.74) is 0. The van der Waals surface area contributed by atoms with Crippen LogP contribution >= 0.6 is 0 Å². The second kappa shape index (κ2) is 5.18. The highest BCUT2D eigenvalue weighted by atomic mass is 16.4. The summed E-state index contributed by atoms with van der Waals surface area (Å²) >= 11 is 0. The van der Waals surface area contributed by atoms with Gasteiger partial charge in [0.2, 0.25) is 0 Å². The molecule has 1 heterocycles. The highest BCUT2D eigenvalue weighted by Crippen LogP contribution is 2.22. The van der Waals surface area contributed by atoms with E-state index < -0.39 is 12.0 Å². The van der Waals surface area contributed by atoms with Crippen molar-refractivity contribution in [2.45, 2.75) is 45.7 Å². The number of hydrogen-bond donors (Lipinski definition) is 2. The second-order valence-corrected chi connectivity index (χ2v) is 4.59. The van der Waals surface area contributed by atoms with Gasteiger partial charge in [-0.3, -0.25) is 0 Å². The maximum atomic E-state index is 11.8. The fourth-order valence-electron chi connectivity index (χ4n) is 2.15. The van der Waals surface area contributed by atoms with Crippen molar-refractivity contribution in [2.75, 3.05) is 6.54 Å². The number of carbonyl (C=O) groups is 2. The number of nitrogens with one attached hydrogen (secondary N) is 1. The van der Waals surface area contributed by atoms with Gasteiger partial charge in [0.25, 0.3) is 0 Å². The van der Waals surface area contributed by atoms with E-state index in [9.17, 15) is 9.59 Å². The quantitative estimate of drug-likeness (QED) is 0.764. The number of nitrogens with zero attached hydrogens (tertiary/aromatic N) is 1. The molecule has 2 N–H and O–H groups in total. The van der Waals surface area contributed by atoms with E-state index in [4.69, 9.17) is 5.11 Å². The van der Waals surface area contributed by atoms with Crippen LogP contribution in [0.2, 0.25) is 0 Å². The number of likely N-dealkylation sites (tertiary alicyclic amines) is 1. The normalized spacial score (nSPS) is 26.6. The molecular formula is C11H20N2O3.